The lowest BCUT2D eigenvalue weighted by molar-refractivity contribution is -0.725. The minimum absolute atomic E-state index is 0. The fourth-order valence-electron chi connectivity index (χ4n) is 0.612. The molecule has 2 N–H and O–H groups in total. The van der Waals surface area contributed by atoms with Gasteiger partial charge in [0.05, 0.1) is 12.1 Å². The number of rotatable bonds is 1. The monoisotopic (exact) mass is 179 g/mol. The predicted octanol–water partition coefficient (Wildman–Crippen LogP) is -1.60. The molecule has 0 aromatic carbocycles. The largest absolute Gasteiger partial charge is 1.00 e. The zero-order chi connectivity index (χ0) is 8.41. The molecule has 0 amide bonds. The first-order chi connectivity index (χ1) is 4.21. The van der Waals surface area contributed by atoms with Crippen molar-refractivity contribution in [2.24, 2.45) is 5.41 Å². The van der Waals surface area contributed by atoms with E-state index in [1.165, 1.54) is 6.54 Å². The van der Waals surface area contributed by atoms with Crippen LogP contribution in [0.15, 0.2) is 0 Å². The molecule has 0 saturated carbocycles. The normalized spacial score (nSPS) is 12.5. The average Bonchev–Trinajstić information content (AvgIpc) is 1.57. The SMILES string of the molecule is CC(C)(C)C[NH2+]C(C)(C)C.[Cl-]. The molecule has 0 aliphatic heterocycles. The Labute approximate surface area is 77.4 Å². The van der Waals surface area contributed by atoms with Crippen LogP contribution in [0.3, 0.4) is 0 Å². The summed E-state index contributed by atoms with van der Waals surface area (Å²) in [6, 6.07) is 0. The van der Waals surface area contributed by atoms with Crippen molar-refractivity contribution in [2.45, 2.75) is 47.1 Å². The van der Waals surface area contributed by atoms with Crippen LogP contribution >= 0.6 is 0 Å². The molecule has 0 radical (unpaired) electrons. The van der Waals surface area contributed by atoms with Crippen LogP contribution < -0.4 is 17.7 Å². The Morgan fingerprint density at radius 3 is 1.36 bits per heavy atom. The summed E-state index contributed by atoms with van der Waals surface area (Å²) in [7, 11) is 0. The van der Waals surface area contributed by atoms with E-state index in [1.807, 2.05) is 0 Å². The van der Waals surface area contributed by atoms with Gasteiger partial charge in [0.15, 0.2) is 0 Å². The standard InChI is InChI=1S/C9H21N.ClH/c1-8(2,3)7-10-9(4,5)6;/h10H,7H2,1-6H3;1H. The van der Waals surface area contributed by atoms with Crippen molar-refractivity contribution in [2.75, 3.05) is 6.54 Å². The van der Waals surface area contributed by atoms with E-state index in [0.717, 1.165) is 0 Å². The Balaban J connectivity index is 0. The molecule has 2 heteroatoms. The van der Waals surface area contributed by atoms with Crippen LogP contribution in [0.5, 0.6) is 0 Å². The van der Waals surface area contributed by atoms with E-state index in [2.05, 4.69) is 46.9 Å². The summed E-state index contributed by atoms with van der Waals surface area (Å²) in [6.45, 7) is 14.8. The first-order valence-electron chi connectivity index (χ1n) is 4.05. The quantitative estimate of drug-likeness (QED) is 0.500. The van der Waals surface area contributed by atoms with Crippen LogP contribution in [0.2, 0.25) is 0 Å². The van der Waals surface area contributed by atoms with Crippen LogP contribution in [-0.4, -0.2) is 12.1 Å². The highest BCUT2D eigenvalue weighted by molar-refractivity contribution is 4.60. The van der Waals surface area contributed by atoms with E-state index >= 15 is 0 Å². The molecule has 0 aromatic heterocycles. The molecule has 0 aromatic rings. The molecule has 0 bridgehead atoms. The maximum Gasteiger partial charge on any atom is 0.0876 e. The second-order valence-corrected chi connectivity index (χ2v) is 5.33. The number of nitrogens with two attached hydrogens (primary N) is 1. The fourth-order valence-corrected chi connectivity index (χ4v) is 0.612. The minimum Gasteiger partial charge on any atom is -1.00 e. The van der Waals surface area contributed by atoms with Gasteiger partial charge in [0, 0.05) is 5.41 Å². The van der Waals surface area contributed by atoms with Gasteiger partial charge in [-0.3, -0.25) is 0 Å². The van der Waals surface area contributed by atoms with Crippen molar-refractivity contribution < 1.29 is 17.7 Å². The Morgan fingerprint density at radius 2 is 1.27 bits per heavy atom. The molecule has 1 nitrogen and oxygen atoms in total. The lowest BCUT2D eigenvalue weighted by atomic mass is 9.95. The van der Waals surface area contributed by atoms with Gasteiger partial charge in [-0.05, 0) is 20.8 Å². The van der Waals surface area contributed by atoms with Gasteiger partial charge in [0.2, 0.25) is 0 Å². The van der Waals surface area contributed by atoms with Gasteiger partial charge in [-0.15, -0.1) is 0 Å². The van der Waals surface area contributed by atoms with Gasteiger partial charge < -0.3 is 17.7 Å². The predicted molar refractivity (Wildman–Crippen MR) is 46.0 cm³/mol. The minimum atomic E-state index is 0. The van der Waals surface area contributed by atoms with E-state index in [0.29, 0.717) is 11.0 Å². The van der Waals surface area contributed by atoms with Crippen molar-refractivity contribution in [3.63, 3.8) is 0 Å². The van der Waals surface area contributed by atoms with Gasteiger partial charge in [-0.25, -0.2) is 0 Å². The Kier molecular flexibility index (Phi) is 5.42. The second kappa shape index (κ2) is 4.32. The van der Waals surface area contributed by atoms with Crippen molar-refractivity contribution >= 4 is 0 Å². The molecule has 11 heavy (non-hydrogen) atoms. The number of quaternary nitrogens is 1. The van der Waals surface area contributed by atoms with Crippen molar-refractivity contribution in [3.8, 4) is 0 Å². The van der Waals surface area contributed by atoms with Gasteiger partial charge in [-0.1, -0.05) is 20.8 Å². The van der Waals surface area contributed by atoms with Gasteiger partial charge in [0.25, 0.3) is 0 Å². The van der Waals surface area contributed by atoms with E-state index in [4.69, 9.17) is 0 Å². The third kappa shape index (κ3) is 13.3. The third-order valence-electron chi connectivity index (χ3n) is 1.33. The first-order valence-corrected chi connectivity index (χ1v) is 4.05. The summed E-state index contributed by atoms with van der Waals surface area (Å²) in [5.41, 5.74) is 0.834. The summed E-state index contributed by atoms with van der Waals surface area (Å²) >= 11 is 0. The molecule has 0 spiro atoms. The van der Waals surface area contributed by atoms with Crippen LogP contribution in [0.4, 0.5) is 0 Å². The fraction of sp³-hybridized carbons (Fsp3) is 1.00. The maximum atomic E-state index is 2.40. The molecule has 0 aliphatic carbocycles. The van der Waals surface area contributed by atoms with Crippen molar-refractivity contribution in [1.82, 2.24) is 0 Å². The van der Waals surface area contributed by atoms with Crippen molar-refractivity contribution in [1.29, 1.82) is 0 Å². The number of halogens is 1. The van der Waals surface area contributed by atoms with Crippen molar-refractivity contribution in [3.05, 3.63) is 0 Å². The Bertz CT molecular complexity index is 83.1. The summed E-state index contributed by atoms with van der Waals surface area (Å²) in [6.07, 6.45) is 0. The zero-order valence-electron chi connectivity index (χ0n) is 8.66. The molecule has 70 valence electrons. The van der Waals surface area contributed by atoms with Gasteiger partial charge in [0.1, 0.15) is 0 Å². The summed E-state index contributed by atoms with van der Waals surface area (Å²) in [5, 5.41) is 2.40. The summed E-state index contributed by atoms with van der Waals surface area (Å²) < 4.78 is 0. The highest BCUT2D eigenvalue weighted by Crippen LogP contribution is 2.08. The van der Waals surface area contributed by atoms with Crippen LogP contribution in [-0.2, 0) is 0 Å². The molecular formula is C9H22ClN. The van der Waals surface area contributed by atoms with Crippen LogP contribution in [0, 0.1) is 5.41 Å². The first kappa shape index (κ1) is 13.8. The molecule has 0 heterocycles. The molecule has 0 aliphatic rings. The van der Waals surface area contributed by atoms with E-state index in [9.17, 15) is 0 Å². The van der Waals surface area contributed by atoms with E-state index < -0.39 is 0 Å². The van der Waals surface area contributed by atoms with Gasteiger partial charge in [-0.2, -0.15) is 0 Å². The Hall–Kier alpha value is 0.250. The number of hydrogen-bond donors (Lipinski definition) is 1. The molecule has 0 unspecified atom stereocenters. The van der Waals surface area contributed by atoms with Crippen LogP contribution in [0.1, 0.15) is 41.5 Å². The molecule has 0 fully saturated rings. The summed E-state index contributed by atoms with van der Waals surface area (Å²) in [4.78, 5) is 0. The highest BCUT2D eigenvalue weighted by atomic mass is 35.5. The van der Waals surface area contributed by atoms with E-state index in [-0.39, 0.29) is 12.4 Å². The highest BCUT2D eigenvalue weighted by Gasteiger charge is 2.18. The molecule has 0 rings (SSSR count). The van der Waals surface area contributed by atoms with Crippen LogP contribution in [0.25, 0.3) is 0 Å². The molecular weight excluding hydrogens is 158 g/mol. The lowest BCUT2D eigenvalue weighted by Crippen LogP contribution is -3.00. The summed E-state index contributed by atoms with van der Waals surface area (Å²) in [5.74, 6) is 0. The van der Waals surface area contributed by atoms with Gasteiger partial charge >= 0.3 is 0 Å². The van der Waals surface area contributed by atoms with E-state index in [1.54, 1.807) is 0 Å². The Morgan fingerprint density at radius 1 is 0.909 bits per heavy atom. The topological polar surface area (TPSA) is 16.6 Å². The molecule has 0 saturated heterocycles. The smallest absolute Gasteiger partial charge is 0.0876 e. The maximum absolute atomic E-state index is 2.40. The average molecular weight is 180 g/mol. The zero-order valence-corrected chi connectivity index (χ0v) is 9.42. The second-order valence-electron chi connectivity index (χ2n) is 5.33. The number of hydrogen-bond acceptors (Lipinski definition) is 0. The third-order valence-corrected chi connectivity index (χ3v) is 1.33. The molecule has 0 atom stereocenters. The lowest BCUT2D eigenvalue weighted by Gasteiger charge is -2.23.